The van der Waals surface area contributed by atoms with Gasteiger partial charge in [-0.15, -0.1) is 0 Å². The van der Waals surface area contributed by atoms with Crippen molar-refractivity contribution in [2.75, 3.05) is 13.1 Å². The molecule has 2 fully saturated rings. The zero-order chi connectivity index (χ0) is 20.1. The normalized spacial score (nSPS) is 21.1. The Morgan fingerprint density at radius 2 is 2.00 bits per heavy atom. The average Bonchev–Trinajstić information content (AvgIpc) is 2.72. The summed E-state index contributed by atoms with van der Waals surface area (Å²) in [5.74, 6) is -2.91. The molecule has 2 aliphatic rings. The summed E-state index contributed by atoms with van der Waals surface area (Å²) in [6.45, 7) is 1.39. The number of carbonyl (C=O) groups is 6. The van der Waals surface area contributed by atoms with E-state index in [0.717, 1.165) is 15.0 Å². The topological polar surface area (TPSA) is 156 Å². The number of urea groups is 1. The summed E-state index contributed by atoms with van der Waals surface area (Å²) < 4.78 is 0. The number of hydrazine groups is 2. The van der Waals surface area contributed by atoms with Crippen LogP contribution in [0.1, 0.15) is 32.6 Å². The highest BCUT2D eigenvalue weighted by Crippen LogP contribution is 2.23. The number of amides is 5. The third-order valence-electron chi connectivity index (χ3n) is 4.15. The molecule has 0 saturated carbocycles. The second-order valence-electron chi connectivity index (χ2n) is 6.22. The Hall–Kier alpha value is -3.18. The second-order valence-corrected chi connectivity index (χ2v) is 6.22. The highest BCUT2D eigenvalue weighted by molar-refractivity contribution is 5.92. The van der Waals surface area contributed by atoms with Crippen molar-refractivity contribution in [3.8, 4) is 0 Å². The molecule has 2 rings (SSSR count). The highest BCUT2D eigenvalue weighted by Gasteiger charge is 2.44. The number of rotatable bonds is 6. The van der Waals surface area contributed by atoms with E-state index in [2.05, 4.69) is 10.7 Å². The monoisotopic (exact) mass is 383 g/mol. The number of carbonyl (C=O) groups excluding carboxylic acids is 5. The largest absolute Gasteiger partial charge is 0.481 e. The molecule has 2 aliphatic heterocycles. The van der Waals surface area contributed by atoms with Gasteiger partial charge in [0.25, 0.3) is 0 Å². The summed E-state index contributed by atoms with van der Waals surface area (Å²) in [5.41, 5.74) is 2.32. The van der Waals surface area contributed by atoms with Gasteiger partial charge in [-0.3, -0.25) is 24.6 Å². The van der Waals surface area contributed by atoms with Gasteiger partial charge in [0.05, 0.1) is 19.0 Å². The molecule has 12 heteroatoms. The van der Waals surface area contributed by atoms with E-state index in [0.29, 0.717) is 12.7 Å². The fraction of sp³-hybridized carbons (Fsp3) is 0.600. The Bertz CT molecular complexity index is 667. The lowest BCUT2D eigenvalue weighted by molar-refractivity contribution is -0.155. The molecule has 0 aromatic heterocycles. The number of fused-ring (bicyclic) bond motifs is 1. The van der Waals surface area contributed by atoms with Crippen LogP contribution >= 0.6 is 0 Å². The van der Waals surface area contributed by atoms with Crippen molar-refractivity contribution in [2.24, 2.45) is 0 Å². The predicted molar refractivity (Wildman–Crippen MR) is 87.4 cm³/mol. The molecule has 3 N–H and O–H groups in total. The van der Waals surface area contributed by atoms with Crippen LogP contribution in [0.3, 0.4) is 0 Å². The maximum absolute atomic E-state index is 12.8. The van der Waals surface area contributed by atoms with E-state index in [9.17, 15) is 28.8 Å². The number of aliphatic carboxylic acids is 1. The molecule has 5 amide bonds. The number of hydrogen-bond acceptors (Lipinski definition) is 6. The average molecular weight is 383 g/mol. The summed E-state index contributed by atoms with van der Waals surface area (Å²) in [4.78, 5) is 70.8. The number of hydrogen-bond donors (Lipinski definition) is 3. The van der Waals surface area contributed by atoms with E-state index in [1.165, 1.54) is 6.92 Å². The van der Waals surface area contributed by atoms with Crippen molar-refractivity contribution in [3.05, 3.63) is 0 Å². The zero-order valence-corrected chi connectivity index (χ0v) is 14.7. The third kappa shape index (κ3) is 4.71. The van der Waals surface area contributed by atoms with Crippen molar-refractivity contribution in [2.45, 2.75) is 44.7 Å². The van der Waals surface area contributed by atoms with Crippen LogP contribution in [0.2, 0.25) is 0 Å². The quantitative estimate of drug-likeness (QED) is 0.458. The van der Waals surface area contributed by atoms with E-state index in [1.807, 2.05) is 0 Å². The molecule has 0 aliphatic carbocycles. The molecule has 0 aromatic carbocycles. The fourth-order valence-electron chi connectivity index (χ4n) is 3.01. The molecule has 0 bridgehead atoms. The van der Waals surface area contributed by atoms with Gasteiger partial charge in [0, 0.05) is 19.9 Å². The van der Waals surface area contributed by atoms with Crippen LogP contribution in [0, 0.1) is 0 Å². The van der Waals surface area contributed by atoms with Crippen molar-refractivity contribution >= 4 is 36.0 Å². The molecule has 12 nitrogen and oxygen atoms in total. The molecule has 2 atom stereocenters. The minimum atomic E-state index is -1.27. The van der Waals surface area contributed by atoms with Gasteiger partial charge in [-0.2, -0.15) is 0 Å². The predicted octanol–water partition coefficient (Wildman–Crippen LogP) is -1.77. The van der Waals surface area contributed by atoms with Gasteiger partial charge in [-0.25, -0.2) is 19.8 Å². The number of nitrogens with zero attached hydrogens (tertiary/aromatic N) is 3. The molecule has 2 heterocycles. The van der Waals surface area contributed by atoms with Crippen LogP contribution in [0.15, 0.2) is 0 Å². The first-order valence-electron chi connectivity index (χ1n) is 8.40. The molecule has 0 aromatic rings. The first kappa shape index (κ1) is 20.1. The first-order chi connectivity index (χ1) is 12.7. The lowest BCUT2D eigenvalue weighted by atomic mass is 10.1. The standard InChI is InChI=1S/C15H21N5O7/c1-9(22)17-18-6-4-12(23)19-5-2-3-11(20(19)15(18)27)14(26)16-10(8-21)7-13(24)25/h8,10-11H,2-7H2,1H3,(H,16,26)(H,17,22)(H,24,25)/t10-,11-/m0/s1. The molecule has 0 spiro atoms. The number of carboxylic acids is 1. The molecule has 27 heavy (non-hydrogen) atoms. The van der Waals surface area contributed by atoms with Crippen LogP contribution in [0.4, 0.5) is 4.79 Å². The molecule has 0 unspecified atom stereocenters. The van der Waals surface area contributed by atoms with Crippen LogP contribution in [0.25, 0.3) is 0 Å². The molecule has 0 radical (unpaired) electrons. The van der Waals surface area contributed by atoms with E-state index in [1.54, 1.807) is 0 Å². The summed E-state index contributed by atoms with van der Waals surface area (Å²) >= 11 is 0. The van der Waals surface area contributed by atoms with Gasteiger partial charge >= 0.3 is 12.0 Å². The lowest BCUT2D eigenvalue weighted by Crippen LogP contribution is -2.64. The van der Waals surface area contributed by atoms with E-state index >= 15 is 0 Å². The number of carboxylic acid groups (broad SMARTS) is 1. The fourth-order valence-corrected chi connectivity index (χ4v) is 3.01. The van der Waals surface area contributed by atoms with Crippen molar-refractivity contribution in [1.29, 1.82) is 0 Å². The number of nitrogens with one attached hydrogen (secondary N) is 2. The SMILES string of the molecule is CC(=O)NN1CCC(=O)N2CCC[C@@H](C(=O)N[C@H](C=O)CC(=O)O)N2C1=O. The summed E-state index contributed by atoms with van der Waals surface area (Å²) in [6, 6.07) is -3.12. The van der Waals surface area contributed by atoms with Gasteiger partial charge in [0.15, 0.2) is 0 Å². The van der Waals surface area contributed by atoms with Crippen LogP contribution in [0.5, 0.6) is 0 Å². The van der Waals surface area contributed by atoms with Crippen LogP contribution in [-0.2, 0) is 24.0 Å². The van der Waals surface area contributed by atoms with Gasteiger partial charge in [-0.05, 0) is 12.8 Å². The van der Waals surface area contributed by atoms with Crippen molar-refractivity contribution in [3.63, 3.8) is 0 Å². The Balaban J connectivity index is 2.24. The lowest BCUT2D eigenvalue weighted by Gasteiger charge is -2.42. The van der Waals surface area contributed by atoms with Gasteiger partial charge in [0.1, 0.15) is 12.3 Å². The van der Waals surface area contributed by atoms with Gasteiger partial charge in [0.2, 0.25) is 17.7 Å². The van der Waals surface area contributed by atoms with E-state index in [4.69, 9.17) is 5.11 Å². The zero-order valence-electron chi connectivity index (χ0n) is 14.7. The highest BCUT2D eigenvalue weighted by atomic mass is 16.4. The molecule has 2 saturated heterocycles. The number of aldehydes is 1. The smallest absolute Gasteiger partial charge is 0.358 e. The molecular formula is C15H21N5O7. The van der Waals surface area contributed by atoms with Crippen LogP contribution < -0.4 is 10.7 Å². The Morgan fingerprint density at radius 3 is 2.59 bits per heavy atom. The van der Waals surface area contributed by atoms with E-state index in [-0.39, 0.29) is 31.8 Å². The minimum absolute atomic E-state index is 0.0349. The third-order valence-corrected chi connectivity index (χ3v) is 4.15. The molecule has 148 valence electrons. The van der Waals surface area contributed by atoms with Crippen molar-refractivity contribution in [1.82, 2.24) is 25.8 Å². The maximum Gasteiger partial charge on any atom is 0.358 e. The van der Waals surface area contributed by atoms with E-state index < -0.39 is 42.3 Å². The summed E-state index contributed by atoms with van der Waals surface area (Å²) in [6.07, 6.45) is 0.321. The van der Waals surface area contributed by atoms with Gasteiger partial charge in [-0.1, -0.05) is 0 Å². The summed E-state index contributed by atoms with van der Waals surface area (Å²) in [5, 5.41) is 14.2. The molecular weight excluding hydrogens is 362 g/mol. The Kier molecular flexibility index (Phi) is 6.32. The maximum atomic E-state index is 12.8. The Morgan fingerprint density at radius 1 is 1.30 bits per heavy atom. The second kappa shape index (κ2) is 8.47. The van der Waals surface area contributed by atoms with Gasteiger partial charge < -0.3 is 15.2 Å². The summed E-state index contributed by atoms with van der Waals surface area (Å²) in [7, 11) is 0. The Labute approximate surface area is 154 Å². The van der Waals surface area contributed by atoms with Crippen LogP contribution in [-0.4, -0.2) is 81.3 Å². The first-order valence-corrected chi connectivity index (χ1v) is 8.40. The van der Waals surface area contributed by atoms with Crippen molar-refractivity contribution < 1.29 is 33.9 Å². The minimum Gasteiger partial charge on any atom is -0.481 e.